The molecule has 0 atom stereocenters. The molecule has 1 heterocycles. The summed E-state index contributed by atoms with van der Waals surface area (Å²) in [7, 11) is 0. The molecule has 4 heteroatoms. The maximum Gasteiger partial charge on any atom is 0.227 e. The van der Waals surface area contributed by atoms with Crippen molar-refractivity contribution in [3.63, 3.8) is 0 Å². The molecule has 0 N–H and O–H groups in total. The zero-order valence-corrected chi connectivity index (χ0v) is 27.0. The van der Waals surface area contributed by atoms with E-state index in [1.54, 1.807) is 0 Å². The minimum Gasteiger partial charge on any atom is -0.436 e. The van der Waals surface area contributed by atoms with Crippen LogP contribution in [0.1, 0.15) is 0 Å². The Balaban J connectivity index is 1.14. The molecule has 3 nitrogen and oxygen atoms in total. The summed E-state index contributed by atoms with van der Waals surface area (Å²) in [5.74, 6) is 0.616. The van der Waals surface area contributed by atoms with Crippen LogP contribution in [0.25, 0.3) is 55.9 Å². The molecular weight excluding hydrogens is 640 g/mol. The molecule has 0 radical (unpaired) electrons. The second-order valence-corrected chi connectivity index (χ2v) is 12.3. The van der Waals surface area contributed by atoms with E-state index in [9.17, 15) is 0 Å². The van der Waals surface area contributed by atoms with Crippen LogP contribution in [0, 0.1) is 0 Å². The molecule has 0 fully saturated rings. The minimum absolute atomic E-state index is 0.616. The molecule has 0 saturated heterocycles. The summed E-state index contributed by atoms with van der Waals surface area (Å²) in [6.45, 7) is 0. The van der Waals surface area contributed by atoms with Gasteiger partial charge in [0.25, 0.3) is 0 Å². The third-order valence-electron chi connectivity index (χ3n) is 8.40. The molecule has 0 spiro atoms. The Kier molecular flexibility index (Phi) is 7.70. The van der Waals surface area contributed by atoms with Crippen LogP contribution in [0.4, 0.5) is 17.1 Å². The first-order chi connectivity index (χ1) is 23.2. The van der Waals surface area contributed by atoms with Crippen molar-refractivity contribution in [3.05, 3.63) is 180 Å². The second kappa shape index (κ2) is 12.6. The van der Waals surface area contributed by atoms with Gasteiger partial charge in [0, 0.05) is 27.1 Å². The van der Waals surface area contributed by atoms with E-state index in [0.29, 0.717) is 5.89 Å². The average Bonchev–Trinajstić information content (AvgIpc) is 3.56. The number of nitrogens with zero attached hydrogens (tertiary/aromatic N) is 2. The summed E-state index contributed by atoms with van der Waals surface area (Å²) in [5.41, 5.74) is 12.9. The van der Waals surface area contributed by atoms with Crippen LogP contribution < -0.4 is 4.90 Å². The maximum atomic E-state index is 6.07. The fourth-order valence-corrected chi connectivity index (χ4v) is 6.49. The third-order valence-corrected chi connectivity index (χ3v) is 8.90. The zero-order chi connectivity index (χ0) is 31.6. The molecule has 0 unspecified atom stereocenters. The van der Waals surface area contributed by atoms with Crippen molar-refractivity contribution in [2.45, 2.75) is 0 Å². The molecule has 0 amide bonds. The molecule has 47 heavy (non-hydrogen) atoms. The average molecular weight is 670 g/mol. The number of hydrogen-bond acceptors (Lipinski definition) is 3. The van der Waals surface area contributed by atoms with Gasteiger partial charge in [0.2, 0.25) is 5.89 Å². The summed E-state index contributed by atoms with van der Waals surface area (Å²) in [5, 5.41) is 0. The van der Waals surface area contributed by atoms with Gasteiger partial charge in [-0.3, -0.25) is 0 Å². The molecule has 7 aromatic carbocycles. The predicted molar refractivity (Wildman–Crippen MR) is 198 cm³/mol. The molecule has 0 bridgehead atoms. The van der Waals surface area contributed by atoms with Crippen molar-refractivity contribution < 1.29 is 4.42 Å². The molecular formula is C43H29BrN2O. The highest BCUT2D eigenvalue weighted by molar-refractivity contribution is 9.10. The van der Waals surface area contributed by atoms with E-state index < -0.39 is 0 Å². The predicted octanol–water partition coefficient (Wildman–Crippen LogP) is 12.7. The molecule has 8 aromatic rings. The van der Waals surface area contributed by atoms with Gasteiger partial charge >= 0.3 is 0 Å². The number of anilines is 3. The SMILES string of the molecule is Brc1ccc2nc(-c3ccc(-c4ccccc4-c4ccccc4-c4ccc(N(c5ccccc5)c5ccccc5)cc4)cc3)oc2c1. The Bertz CT molecular complexity index is 2250. The lowest BCUT2D eigenvalue weighted by Gasteiger charge is -2.25. The molecule has 224 valence electrons. The highest BCUT2D eigenvalue weighted by Crippen LogP contribution is 2.40. The number of benzene rings is 7. The zero-order valence-electron chi connectivity index (χ0n) is 25.4. The summed E-state index contributed by atoms with van der Waals surface area (Å²) in [6.07, 6.45) is 0. The van der Waals surface area contributed by atoms with Crippen LogP contribution in [-0.4, -0.2) is 4.98 Å². The first-order valence-electron chi connectivity index (χ1n) is 15.6. The van der Waals surface area contributed by atoms with Crippen molar-refractivity contribution in [1.82, 2.24) is 4.98 Å². The van der Waals surface area contributed by atoms with E-state index in [-0.39, 0.29) is 0 Å². The first kappa shape index (κ1) is 28.7. The highest BCUT2D eigenvalue weighted by Gasteiger charge is 2.16. The van der Waals surface area contributed by atoms with Gasteiger partial charge in [0.15, 0.2) is 5.58 Å². The smallest absolute Gasteiger partial charge is 0.227 e. The number of para-hydroxylation sites is 2. The molecule has 0 aliphatic rings. The summed E-state index contributed by atoms with van der Waals surface area (Å²) >= 11 is 3.52. The van der Waals surface area contributed by atoms with Crippen molar-refractivity contribution in [1.29, 1.82) is 0 Å². The van der Waals surface area contributed by atoms with Crippen LogP contribution >= 0.6 is 15.9 Å². The van der Waals surface area contributed by atoms with Crippen LogP contribution in [0.3, 0.4) is 0 Å². The third kappa shape index (κ3) is 5.76. The van der Waals surface area contributed by atoms with E-state index in [1.807, 2.05) is 18.2 Å². The van der Waals surface area contributed by atoms with Gasteiger partial charge in [-0.1, -0.05) is 125 Å². The first-order valence-corrected chi connectivity index (χ1v) is 16.4. The van der Waals surface area contributed by atoms with E-state index >= 15 is 0 Å². The number of rotatable bonds is 7. The van der Waals surface area contributed by atoms with Gasteiger partial charge in [-0.25, -0.2) is 4.98 Å². The topological polar surface area (TPSA) is 29.3 Å². The fourth-order valence-electron chi connectivity index (χ4n) is 6.15. The summed E-state index contributed by atoms with van der Waals surface area (Å²) < 4.78 is 7.04. The number of aromatic nitrogens is 1. The highest BCUT2D eigenvalue weighted by atomic mass is 79.9. The van der Waals surface area contributed by atoms with E-state index in [4.69, 9.17) is 9.40 Å². The molecule has 0 saturated carbocycles. The molecule has 1 aromatic heterocycles. The van der Waals surface area contributed by atoms with Gasteiger partial charge in [-0.15, -0.1) is 0 Å². The number of hydrogen-bond donors (Lipinski definition) is 0. The lowest BCUT2D eigenvalue weighted by atomic mass is 9.89. The standard InChI is InChI=1S/C43H29BrN2O/c44-33-25-28-41-42(29-33)47-43(45-41)32-21-19-30(20-22-32)37-15-7-9-17-39(37)40-18-10-8-16-38(40)31-23-26-36(27-24-31)46(34-11-3-1-4-12-34)35-13-5-2-6-14-35/h1-29H. The molecule has 0 aliphatic carbocycles. The molecule has 0 aliphatic heterocycles. The number of oxazole rings is 1. The minimum atomic E-state index is 0.616. The van der Waals surface area contributed by atoms with Gasteiger partial charge in [-0.05, 0) is 100 Å². The quantitative estimate of drug-likeness (QED) is 0.169. The Morgan fingerprint density at radius 2 is 0.872 bits per heavy atom. The van der Waals surface area contributed by atoms with Gasteiger partial charge < -0.3 is 9.32 Å². The van der Waals surface area contributed by atoms with Crippen molar-refractivity contribution >= 4 is 44.1 Å². The Hall–Kier alpha value is -5.71. The van der Waals surface area contributed by atoms with Crippen molar-refractivity contribution in [2.75, 3.05) is 4.90 Å². The monoisotopic (exact) mass is 668 g/mol. The van der Waals surface area contributed by atoms with Gasteiger partial charge in [0.05, 0.1) is 0 Å². The number of halogens is 1. The van der Waals surface area contributed by atoms with Crippen LogP contribution in [0.2, 0.25) is 0 Å². The second-order valence-electron chi connectivity index (χ2n) is 11.4. The van der Waals surface area contributed by atoms with E-state index in [1.165, 1.54) is 22.3 Å². The van der Waals surface area contributed by atoms with Crippen LogP contribution in [0.15, 0.2) is 185 Å². The van der Waals surface area contributed by atoms with Crippen molar-refractivity contribution in [3.8, 4) is 44.8 Å². The Morgan fingerprint density at radius 1 is 0.426 bits per heavy atom. The normalized spacial score (nSPS) is 11.1. The molecule has 8 rings (SSSR count). The Labute approximate surface area is 282 Å². The number of fused-ring (bicyclic) bond motifs is 1. The lowest BCUT2D eigenvalue weighted by Crippen LogP contribution is -2.09. The van der Waals surface area contributed by atoms with Crippen LogP contribution in [0.5, 0.6) is 0 Å². The van der Waals surface area contributed by atoms with Crippen molar-refractivity contribution in [2.24, 2.45) is 0 Å². The van der Waals surface area contributed by atoms with Crippen LogP contribution in [-0.2, 0) is 0 Å². The largest absolute Gasteiger partial charge is 0.436 e. The summed E-state index contributed by atoms with van der Waals surface area (Å²) in [4.78, 5) is 6.98. The Morgan fingerprint density at radius 3 is 1.43 bits per heavy atom. The fraction of sp³-hybridized carbons (Fsp3) is 0. The van der Waals surface area contributed by atoms with Gasteiger partial charge in [0.1, 0.15) is 5.52 Å². The van der Waals surface area contributed by atoms with E-state index in [0.717, 1.165) is 49.3 Å². The summed E-state index contributed by atoms with van der Waals surface area (Å²) in [6, 6.07) is 61.5. The maximum absolute atomic E-state index is 6.07. The van der Waals surface area contributed by atoms with Gasteiger partial charge in [-0.2, -0.15) is 0 Å². The van der Waals surface area contributed by atoms with E-state index in [2.05, 4.69) is 179 Å². The lowest BCUT2D eigenvalue weighted by molar-refractivity contribution is 0.619.